The predicted molar refractivity (Wildman–Crippen MR) is 96.4 cm³/mol. The van der Waals surface area contributed by atoms with Crippen LogP contribution in [0.4, 0.5) is 0 Å². The molecule has 2 aromatic heterocycles. The number of rotatable bonds is 4. The molecule has 1 saturated heterocycles. The minimum absolute atomic E-state index is 0.0121. The van der Waals surface area contributed by atoms with Crippen molar-refractivity contribution < 1.29 is 4.79 Å². The lowest BCUT2D eigenvalue weighted by molar-refractivity contribution is -0.132. The molecule has 3 aromatic rings. The third kappa shape index (κ3) is 3.26. The highest BCUT2D eigenvalue weighted by atomic mass is 35.5. The van der Waals surface area contributed by atoms with E-state index in [2.05, 4.69) is 15.1 Å². The molecule has 1 N–H and O–H groups in total. The number of imidazole rings is 1. The van der Waals surface area contributed by atoms with Gasteiger partial charge in [-0.05, 0) is 44.0 Å². The van der Waals surface area contributed by atoms with Crippen molar-refractivity contribution in [3.05, 3.63) is 47.0 Å². The molecule has 0 spiro atoms. The number of nitrogens with one attached hydrogen (secondary N) is 1. The van der Waals surface area contributed by atoms with E-state index < -0.39 is 0 Å². The molecule has 3 heterocycles. The molecule has 4 rings (SSSR count). The summed E-state index contributed by atoms with van der Waals surface area (Å²) in [6, 6.07) is 7.56. The highest BCUT2D eigenvalue weighted by molar-refractivity contribution is 6.31. The zero-order chi connectivity index (χ0) is 17.4. The molecule has 1 aromatic carbocycles. The first-order chi connectivity index (χ1) is 12.1. The topological polar surface area (TPSA) is 66.8 Å². The number of aromatic amines is 1. The number of H-pyrrole nitrogens is 1. The third-order valence-corrected chi connectivity index (χ3v) is 4.91. The van der Waals surface area contributed by atoms with Gasteiger partial charge >= 0.3 is 0 Å². The Bertz CT molecular complexity index is 915. The Labute approximate surface area is 150 Å². The summed E-state index contributed by atoms with van der Waals surface area (Å²) in [7, 11) is 0. The van der Waals surface area contributed by atoms with Crippen molar-refractivity contribution in [1.82, 2.24) is 24.6 Å². The summed E-state index contributed by atoms with van der Waals surface area (Å²) in [6.07, 6.45) is 4.28. The zero-order valence-corrected chi connectivity index (χ0v) is 14.8. The normalized spacial score (nSPS) is 17.5. The Balaban J connectivity index is 1.49. The fourth-order valence-electron chi connectivity index (χ4n) is 3.45. The number of fused-ring (bicyclic) bond motifs is 1. The molecule has 1 aliphatic heterocycles. The van der Waals surface area contributed by atoms with E-state index in [1.807, 2.05) is 47.0 Å². The van der Waals surface area contributed by atoms with Crippen LogP contribution in [0.1, 0.15) is 36.8 Å². The van der Waals surface area contributed by atoms with Crippen LogP contribution in [0.15, 0.2) is 30.5 Å². The second kappa shape index (κ2) is 6.52. The highest BCUT2D eigenvalue weighted by Crippen LogP contribution is 2.32. The number of nitrogens with zero attached hydrogens (tertiary/aromatic N) is 4. The maximum atomic E-state index is 12.7. The molecule has 1 fully saturated rings. The van der Waals surface area contributed by atoms with Gasteiger partial charge in [0.05, 0.1) is 22.8 Å². The largest absolute Gasteiger partial charge is 0.340 e. The zero-order valence-electron chi connectivity index (χ0n) is 14.1. The molecule has 1 amide bonds. The second-order valence-corrected chi connectivity index (χ2v) is 6.94. The van der Waals surface area contributed by atoms with Gasteiger partial charge in [0, 0.05) is 30.7 Å². The van der Waals surface area contributed by atoms with Gasteiger partial charge in [-0.25, -0.2) is 4.98 Å². The lowest BCUT2D eigenvalue weighted by Crippen LogP contribution is -2.31. The van der Waals surface area contributed by atoms with Gasteiger partial charge in [0.1, 0.15) is 5.82 Å². The summed E-state index contributed by atoms with van der Waals surface area (Å²) in [5.41, 5.74) is 2.76. The fourth-order valence-corrected chi connectivity index (χ4v) is 3.62. The number of amides is 1. The summed E-state index contributed by atoms with van der Waals surface area (Å²) < 4.78 is 1.82. The lowest BCUT2D eigenvalue weighted by Gasteiger charge is -2.23. The van der Waals surface area contributed by atoms with Crippen LogP contribution in [0.5, 0.6) is 0 Å². The molecule has 0 radical (unpaired) electrons. The summed E-state index contributed by atoms with van der Waals surface area (Å²) in [5, 5.41) is 5.02. The molecule has 0 aliphatic carbocycles. The van der Waals surface area contributed by atoms with E-state index in [0.717, 1.165) is 41.9 Å². The van der Waals surface area contributed by atoms with Gasteiger partial charge in [0.2, 0.25) is 5.91 Å². The van der Waals surface area contributed by atoms with Crippen LogP contribution in [0, 0.1) is 6.92 Å². The Morgan fingerprint density at radius 3 is 3.08 bits per heavy atom. The van der Waals surface area contributed by atoms with Crippen molar-refractivity contribution in [2.75, 3.05) is 6.54 Å². The van der Waals surface area contributed by atoms with E-state index in [1.165, 1.54) is 0 Å². The summed E-state index contributed by atoms with van der Waals surface area (Å²) in [4.78, 5) is 22.6. The van der Waals surface area contributed by atoms with Crippen molar-refractivity contribution in [1.29, 1.82) is 0 Å². The van der Waals surface area contributed by atoms with E-state index in [0.29, 0.717) is 18.0 Å². The standard InChI is InChI=1S/C18H20ClN5O/c1-12-6-9-23(22-12)10-7-17(25)24-8-2-3-16(24)18-20-14-5-4-13(19)11-15(14)21-18/h4-6,9,11,16H,2-3,7-8,10H2,1H3,(H,20,21)/t16-/m1/s1. The van der Waals surface area contributed by atoms with Crippen molar-refractivity contribution >= 4 is 28.5 Å². The second-order valence-electron chi connectivity index (χ2n) is 6.50. The van der Waals surface area contributed by atoms with Crippen molar-refractivity contribution in [3.63, 3.8) is 0 Å². The number of halogens is 1. The SMILES string of the molecule is Cc1ccn(CCC(=O)N2CCC[C@@H]2c2nc3ccc(Cl)cc3[nH]2)n1. The Morgan fingerprint density at radius 1 is 1.40 bits per heavy atom. The highest BCUT2D eigenvalue weighted by Gasteiger charge is 2.31. The predicted octanol–water partition coefficient (Wildman–Crippen LogP) is 3.48. The van der Waals surface area contributed by atoms with Gasteiger partial charge in [-0.1, -0.05) is 11.6 Å². The molecular formula is C18H20ClN5O. The van der Waals surface area contributed by atoms with Crippen LogP contribution >= 0.6 is 11.6 Å². The van der Waals surface area contributed by atoms with Gasteiger partial charge in [-0.2, -0.15) is 5.10 Å². The van der Waals surface area contributed by atoms with Crippen LogP contribution in [0.2, 0.25) is 5.02 Å². The van der Waals surface area contributed by atoms with Crippen LogP contribution in [0.25, 0.3) is 11.0 Å². The number of benzene rings is 1. The van der Waals surface area contributed by atoms with E-state index in [4.69, 9.17) is 11.6 Å². The number of carbonyl (C=O) groups excluding carboxylic acids is 1. The number of carbonyl (C=O) groups is 1. The van der Waals surface area contributed by atoms with Gasteiger partial charge in [-0.15, -0.1) is 0 Å². The van der Waals surface area contributed by atoms with Crippen LogP contribution in [-0.2, 0) is 11.3 Å². The average molecular weight is 358 g/mol. The van der Waals surface area contributed by atoms with E-state index >= 15 is 0 Å². The monoisotopic (exact) mass is 357 g/mol. The maximum absolute atomic E-state index is 12.7. The summed E-state index contributed by atoms with van der Waals surface area (Å²) in [6.45, 7) is 3.33. The molecule has 7 heteroatoms. The van der Waals surface area contributed by atoms with E-state index in [-0.39, 0.29) is 11.9 Å². The molecular weight excluding hydrogens is 338 g/mol. The smallest absolute Gasteiger partial charge is 0.225 e. The number of hydrogen-bond acceptors (Lipinski definition) is 3. The molecule has 0 unspecified atom stereocenters. The molecule has 25 heavy (non-hydrogen) atoms. The quantitative estimate of drug-likeness (QED) is 0.777. The fraction of sp³-hybridized carbons (Fsp3) is 0.389. The van der Waals surface area contributed by atoms with Crippen molar-refractivity contribution in [2.45, 2.75) is 38.8 Å². The Morgan fingerprint density at radius 2 is 2.28 bits per heavy atom. The number of aryl methyl sites for hydroxylation is 2. The van der Waals surface area contributed by atoms with Crippen LogP contribution in [-0.4, -0.2) is 37.1 Å². The number of aromatic nitrogens is 4. The van der Waals surface area contributed by atoms with E-state index in [1.54, 1.807) is 0 Å². The average Bonchev–Trinajstić information content (AvgIpc) is 3.30. The number of likely N-dealkylation sites (tertiary alicyclic amines) is 1. The third-order valence-electron chi connectivity index (χ3n) is 4.68. The van der Waals surface area contributed by atoms with Crippen LogP contribution < -0.4 is 0 Å². The number of hydrogen-bond donors (Lipinski definition) is 1. The minimum atomic E-state index is 0.0121. The molecule has 0 bridgehead atoms. The summed E-state index contributed by atoms with van der Waals surface area (Å²) >= 11 is 6.05. The molecule has 0 saturated carbocycles. The van der Waals surface area contributed by atoms with Crippen molar-refractivity contribution in [2.24, 2.45) is 0 Å². The lowest BCUT2D eigenvalue weighted by atomic mass is 10.2. The van der Waals surface area contributed by atoms with Gasteiger partial charge in [-0.3, -0.25) is 9.48 Å². The first-order valence-electron chi connectivity index (χ1n) is 8.55. The van der Waals surface area contributed by atoms with Gasteiger partial charge < -0.3 is 9.88 Å². The van der Waals surface area contributed by atoms with Gasteiger partial charge in [0.15, 0.2) is 0 Å². The van der Waals surface area contributed by atoms with Crippen molar-refractivity contribution in [3.8, 4) is 0 Å². The Kier molecular flexibility index (Phi) is 4.21. The van der Waals surface area contributed by atoms with Gasteiger partial charge in [0.25, 0.3) is 0 Å². The first-order valence-corrected chi connectivity index (χ1v) is 8.92. The van der Waals surface area contributed by atoms with E-state index in [9.17, 15) is 4.79 Å². The molecule has 1 atom stereocenters. The van der Waals surface area contributed by atoms with Crippen LogP contribution in [0.3, 0.4) is 0 Å². The maximum Gasteiger partial charge on any atom is 0.225 e. The minimum Gasteiger partial charge on any atom is -0.340 e. The molecule has 1 aliphatic rings. The first kappa shape index (κ1) is 16.1. The molecule has 6 nitrogen and oxygen atoms in total. The summed E-state index contributed by atoms with van der Waals surface area (Å²) in [5.74, 6) is 0.993. The molecule has 130 valence electrons. The Hall–Kier alpha value is -2.34.